The molecule has 2 heterocycles. The Balaban J connectivity index is 1.82. The van der Waals surface area contributed by atoms with E-state index >= 15 is 0 Å². The van der Waals surface area contributed by atoms with Crippen molar-refractivity contribution in [1.82, 2.24) is 14.9 Å². The molecule has 21 heavy (non-hydrogen) atoms. The molecule has 0 aliphatic carbocycles. The molecule has 0 unspecified atom stereocenters. The maximum atomic E-state index is 11.9. The predicted molar refractivity (Wildman–Crippen MR) is 83.6 cm³/mol. The molecule has 0 atom stereocenters. The van der Waals surface area contributed by atoms with E-state index in [1.807, 2.05) is 12.1 Å². The van der Waals surface area contributed by atoms with Crippen LogP contribution in [0.2, 0.25) is 10.0 Å². The Labute approximate surface area is 131 Å². The number of nitrogens with two attached hydrogens (primary N) is 1. The lowest BCUT2D eigenvalue weighted by atomic mass is 10.1. The van der Waals surface area contributed by atoms with E-state index in [1.165, 1.54) is 0 Å². The van der Waals surface area contributed by atoms with Gasteiger partial charge in [0.15, 0.2) is 0 Å². The van der Waals surface area contributed by atoms with Crippen LogP contribution in [-0.4, -0.2) is 21.4 Å². The molecule has 3 rings (SSSR count). The molecule has 1 aliphatic heterocycles. The number of hydrogen-bond donors (Lipinski definition) is 2. The second kappa shape index (κ2) is 5.67. The van der Waals surface area contributed by atoms with Crippen LogP contribution < -0.4 is 11.3 Å². The second-order valence-electron chi connectivity index (χ2n) is 5.11. The van der Waals surface area contributed by atoms with Crippen molar-refractivity contribution in [3.63, 3.8) is 0 Å². The molecular formula is C14H14Cl2N4O. The largest absolute Gasteiger partial charge is 0.369 e. The highest BCUT2D eigenvalue weighted by molar-refractivity contribution is 6.34. The molecule has 0 saturated heterocycles. The molecule has 0 bridgehead atoms. The fourth-order valence-electron chi connectivity index (χ4n) is 2.60. The molecule has 0 saturated carbocycles. The monoisotopic (exact) mass is 324 g/mol. The lowest BCUT2D eigenvalue weighted by Crippen LogP contribution is -2.35. The SMILES string of the molecule is Nc1nc2c(c(=O)[nH]1)CN(Cc1cc(Cl)cc(Cl)c1)CC2. The van der Waals surface area contributed by atoms with Crippen LogP contribution in [0.15, 0.2) is 23.0 Å². The van der Waals surface area contributed by atoms with Crippen molar-refractivity contribution >= 4 is 29.2 Å². The molecule has 1 aliphatic rings. The summed E-state index contributed by atoms with van der Waals surface area (Å²) < 4.78 is 0. The normalized spacial score (nSPS) is 15.0. The van der Waals surface area contributed by atoms with Crippen LogP contribution >= 0.6 is 23.2 Å². The van der Waals surface area contributed by atoms with Crippen molar-refractivity contribution in [2.45, 2.75) is 19.5 Å². The molecule has 2 aromatic rings. The average molecular weight is 325 g/mol. The molecule has 5 nitrogen and oxygen atoms in total. The van der Waals surface area contributed by atoms with E-state index in [2.05, 4.69) is 14.9 Å². The van der Waals surface area contributed by atoms with Crippen LogP contribution in [-0.2, 0) is 19.5 Å². The van der Waals surface area contributed by atoms with Gasteiger partial charge in [-0.2, -0.15) is 0 Å². The van der Waals surface area contributed by atoms with Crippen molar-refractivity contribution in [3.05, 3.63) is 55.4 Å². The summed E-state index contributed by atoms with van der Waals surface area (Å²) in [5.74, 6) is 0.175. The van der Waals surface area contributed by atoms with E-state index in [1.54, 1.807) is 6.07 Å². The zero-order valence-corrected chi connectivity index (χ0v) is 12.7. The number of anilines is 1. The van der Waals surface area contributed by atoms with Gasteiger partial charge in [0.05, 0.1) is 11.3 Å². The fourth-order valence-corrected chi connectivity index (χ4v) is 3.17. The quantitative estimate of drug-likeness (QED) is 0.888. The minimum Gasteiger partial charge on any atom is -0.369 e. The number of nitrogens with one attached hydrogen (secondary N) is 1. The fraction of sp³-hybridized carbons (Fsp3) is 0.286. The summed E-state index contributed by atoms with van der Waals surface area (Å²) in [5.41, 5.74) is 7.90. The maximum absolute atomic E-state index is 11.9. The summed E-state index contributed by atoms with van der Waals surface area (Å²) in [5, 5.41) is 1.23. The minimum absolute atomic E-state index is 0.161. The summed E-state index contributed by atoms with van der Waals surface area (Å²) in [6, 6.07) is 5.47. The first-order valence-corrected chi connectivity index (χ1v) is 7.32. The molecular weight excluding hydrogens is 311 g/mol. The first-order valence-electron chi connectivity index (χ1n) is 6.56. The van der Waals surface area contributed by atoms with Gasteiger partial charge in [-0.05, 0) is 23.8 Å². The van der Waals surface area contributed by atoms with Gasteiger partial charge < -0.3 is 5.73 Å². The van der Waals surface area contributed by atoms with Gasteiger partial charge in [0.25, 0.3) is 5.56 Å². The number of nitrogens with zero attached hydrogens (tertiary/aromatic N) is 2. The molecule has 0 amide bonds. The summed E-state index contributed by atoms with van der Waals surface area (Å²) in [6.07, 6.45) is 0.706. The molecule has 1 aromatic heterocycles. The zero-order chi connectivity index (χ0) is 15.0. The standard InChI is InChI=1S/C14H14Cl2N4O/c15-9-3-8(4-10(16)5-9)6-20-2-1-12-11(7-20)13(21)19-14(17)18-12/h3-5H,1-2,6-7H2,(H3,17,18,19,21). The molecule has 0 fully saturated rings. The van der Waals surface area contributed by atoms with Crippen LogP contribution in [0.3, 0.4) is 0 Å². The third-order valence-electron chi connectivity index (χ3n) is 3.49. The van der Waals surface area contributed by atoms with Gasteiger partial charge in [0.1, 0.15) is 0 Å². The van der Waals surface area contributed by atoms with Crippen LogP contribution in [0.1, 0.15) is 16.8 Å². The predicted octanol–water partition coefficient (Wildman–Crippen LogP) is 2.22. The first kappa shape index (κ1) is 14.4. The van der Waals surface area contributed by atoms with E-state index in [0.717, 1.165) is 17.8 Å². The highest BCUT2D eigenvalue weighted by Crippen LogP contribution is 2.22. The number of halogens is 2. The number of rotatable bonds is 2. The van der Waals surface area contributed by atoms with Crippen molar-refractivity contribution in [1.29, 1.82) is 0 Å². The van der Waals surface area contributed by atoms with Gasteiger partial charge in [-0.25, -0.2) is 4.98 Å². The van der Waals surface area contributed by atoms with E-state index in [4.69, 9.17) is 28.9 Å². The summed E-state index contributed by atoms with van der Waals surface area (Å²) in [6.45, 7) is 2.04. The van der Waals surface area contributed by atoms with Gasteiger partial charge in [0, 0.05) is 36.1 Å². The molecule has 3 N–H and O–H groups in total. The number of aromatic nitrogens is 2. The minimum atomic E-state index is -0.161. The van der Waals surface area contributed by atoms with E-state index in [-0.39, 0.29) is 11.5 Å². The van der Waals surface area contributed by atoms with Gasteiger partial charge in [0.2, 0.25) is 5.95 Å². The second-order valence-corrected chi connectivity index (χ2v) is 5.99. The van der Waals surface area contributed by atoms with Gasteiger partial charge in [-0.1, -0.05) is 23.2 Å². The number of H-pyrrole nitrogens is 1. The van der Waals surface area contributed by atoms with Gasteiger partial charge in [-0.15, -0.1) is 0 Å². The third kappa shape index (κ3) is 3.20. The van der Waals surface area contributed by atoms with Crippen LogP contribution in [0.4, 0.5) is 5.95 Å². The maximum Gasteiger partial charge on any atom is 0.257 e. The topological polar surface area (TPSA) is 75.0 Å². The smallest absolute Gasteiger partial charge is 0.257 e. The van der Waals surface area contributed by atoms with Gasteiger partial charge >= 0.3 is 0 Å². The Hall–Kier alpha value is -1.56. The lowest BCUT2D eigenvalue weighted by Gasteiger charge is -2.27. The molecule has 0 radical (unpaired) electrons. The molecule has 0 spiro atoms. The first-order chi connectivity index (χ1) is 10.0. The van der Waals surface area contributed by atoms with E-state index in [9.17, 15) is 4.79 Å². The summed E-state index contributed by atoms with van der Waals surface area (Å²) in [7, 11) is 0. The Kier molecular flexibility index (Phi) is 3.89. The lowest BCUT2D eigenvalue weighted by molar-refractivity contribution is 0.242. The van der Waals surface area contributed by atoms with Crippen molar-refractivity contribution in [2.24, 2.45) is 0 Å². The molecule has 7 heteroatoms. The van der Waals surface area contributed by atoms with Crippen LogP contribution in [0.5, 0.6) is 0 Å². The number of fused-ring (bicyclic) bond motifs is 1. The van der Waals surface area contributed by atoms with Crippen LogP contribution in [0, 0.1) is 0 Å². The number of benzene rings is 1. The number of aromatic amines is 1. The zero-order valence-electron chi connectivity index (χ0n) is 11.2. The average Bonchev–Trinajstić information content (AvgIpc) is 2.38. The summed E-state index contributed by atoms with van der Waals surface area (Å²) >= 11 is 12.0. The van der Waals surface area contributed by atoms with Gasteiger partial charge in [-0.3, -0.25) is 14.7 Å². The molecule has 1 aromatic carbocycles. The third-order valence-corrected chi connectivity index (χ3v) is 3.93. The Morgan fingerprint density at radius 2 is 2.00 bits per heavy atom. The van der Waals surface area contributed by atoms with Crippen LogP contribution in [0.25, 0.3) is 0 Å². The summed E-state index contributed by atoms with van der Waals surface area (Å²) in [4.78, 5) is 20.9. The number of nitrogen functional groups attached to an aromatic ring is 1. The van der Waals surface area contributed by atoms with Crippen molar-refractivity contribution in [3.8, 4) is 0 Å². The Bertz CT molecular complexity index is 724. The Morgan fingerprint density at radius 3 is 2.71 bits per heavy atom. The van der Waals surface area contributed by atoms with E-state index in [0.29, 0.717) is 35.1 Å². The van der Waals surface area contributed by atoms with Crippen molar-refractivity contribution < 1.29 is 0 Å². The van der Waals surface area contributed by atoms with E-state index < -0.39 is 0 Å². The molecule has 110 valence electrons. The number of hydrogen-bond acceptors (Lipinski definition) is 4. The highest BCUT2D eigenvalue weighted by atomic mass is 35.5. The highest BCUT2D eigenvalue weighted by Gasteiger charge is 2.21. The van der Waals surface area contributed by atoms with Crippen molar-refractivity contribution in [2.75, 3.05) is 12.3 Å². The Morgan fingerprint density at radius 1 is 1.29 bits per heavy atom.